The molecule has 0 amide bonds. The van der Waals surface area contributed by atoms with Gasteiger partial charge in [0.25, 0.3) is 0 Å². The first kappa shape index (κ1) is 11.3. The Hall–Kier alpha value is -1.20. The van der Waals surface area contributed by atoms with Crippen molar-refractivity contribution in [3.63, 3.8) is 0 Å². The number of aromatic nitrogens is 1. The maximum absolute atomic E-state index is 5.61. The van der Waals surface area contributed by atoms with Gasteiger partial charge in [-0.05, 0) is 19.2 Å². The fourth-order valence-electron chi connectivity index (χ4n) is 1.78. The number of piperazine rings is 1. The molecule has 1 saturated heterocycles. The Bertz CT molecular complexity index is 385. The van der Waals surface area contributed by atoms with E-state index in [0.717, 1.165) is 37.6 Å². The number of hydrogen-bond acceptors (Lipinski definition) is 4. The van der Waals surface area contributed by atoms with Crippen LogP contribution in [0.1, 0.15) is 5.56 Å². The summed E-state index contributed by atoms with van der Waals surface area (Å²) in [5.41, 5.74) is 6.50. The Balaban J connectivity index is 2.14. The van der Waals surface area contributed by atoms with Crippen LogP contribution in [-0.2, 0) is 0 Å². The van der Waals surface area contributed by atoms with E-state index in [1.165, 1.54) is 0 Å². The first-order valence-electron chi connectivity index (χ1n) is 5.36. The summed E-state index contributed by atoms with van der Waals surface area (Å²) < 4.78 is 0. The van der Waals surface area contributed by atoms with E-state index < -0.39 is 0 Å². The molecular formula is C11H16N4S. The van der Waals surface area contributed by atoms with E-state index in [4.69, 9.17) is 18.0 Å². The zero-order valence-electron chi connectivity index (χ0n) is 9.39. The van der Waals surface area contributed by atoms with Crippen LogP contribution >= 0.6 is 12.2 Å². The lowest BCUT2D eigenvalue weighted by Crippen LogP contribution is -2.44. The lowest BCUT2D eigenvalue weighted by Gasteiger charge is -2.33. The fourth-order valence-corrected chi connectivity index (χ4v) is 1.91. The van der Waals surface area contributed by atoms with E-state index in [-0.39, 0.29) is 0 Å². The van der Waals surface area contributed by atoms with Gasteiger partial charge in [-0.15, -0.1) is 0 Å². The monoisotopic (exact) mass is 236 g/mol. The zero-order chi connectivity index (χ0) is 11.5. The third kappa shape index (κ3) is 2.48. The van der Waals surface area contributed by atoms with Crippen LogP contribution in [0, 0.1) is 0 Å². The summed E-state index contributed by atoms with van der Waals surface area (Å²) >= 11 is 4.97. The van der Waals surface area contributed by atoms with Crippen LogP contribution in [0.25, 0.3) is 0 Å². The number of rotatable bonds is 2. The van der Waals surface area contributed by atoms with Crippen LogP contribution in [0.15, 0.2) is 18.3 Å². The van der Waals surface area contributed by atoms with Crippen LogP contribution in [-0.4, -0.2) is 48.1 Å². The molecule has 2 heterocycles. The van der Waals surface area contributed by atoms with Crippen molar-refractivity contribution in [2.24, 2.45) is 5.73 Å². The third-order valence-corrected chi connectivity index (χ3v) is 3.09. The van der Waals surface area contributed by atoms with Crippen LogP contribution < -0.4 is 10.6 Å². The van der Waals surface area contributed by atoms with Gasteiger partial charge in [0, 0.05) is 37.9 Å². The normalized spacial score (nSPS) is 17.4. The molecule has 1 fully saturated rings. The van der Waals surface area contributed by atoms with Crippen LogP contribution in [0.3, 0.4) is 0 Å². The molecule has 0 aromatic carbocycles. The number of hydrogen-bond donors (Lipinski definition) is 1. The average molecular weight is 236 g/mol. The molecule has 2 N–H and O–H groups in total. The highest BCUT2D eigenvalue weighted by atomic mass is 32.1. The molecule has 0 bridgehead atoms. The van der Waals surface area contributed by atoms with Crippen molar-refractivity contribution in [2.45, 2.75) is 0 Å². The molecule has 16 heavy (non-hydrogen) atoms. The largest absolute Gasteiger partial charge is 0.389 e. The number of nitrogens with two attached hydrogens (primary N) is 1. The third-order valence-electron chi connectivity index (χ3n) is 2.86. The van der Waals surface area contributed by atoms with Gasteiger partial charge < -0.3 is 15.5 Å². The van der Waals surface area contributed by atoms with E-state index in [0.29, 0.717) is 4.99 Å². The summed E-state index contributed by atoms with van der Waals surface area (Å²) in [4.78, 5) is 9.37. The Morgan fingerprint density at radius 1 is 1.38 bits per heavy atom. The number of nitrogens with zero attached hydrogens (tertiary/aromatic N) is 3. The first-order valence-corrected chi connectivity index (χ1v) is 5.77. The Labute approximate surface area is 101 Å². The number of thiocarbonyl (C=S) groups is 1. The van der Waals surface area contributed by atoms with Gasteiger partial charge in [-0.1, -0.05) is 12.2 Å². The van der Waals surface area contributed by atoms with Crippen molar-refractivity contribution in [3.05, 3.63) is 23.9 Å². The van der Waals surface area contributed by atoms with Crippen LogP contribution in [0.4, 0.5) is 5.82 Å². The number of likely N-dealkylation sites (N-methyl/N-ethyl adjacent to an activating group) is 1. The second-order valence-corrected chi connectivity index (χ2v) is 4.50. The van der Waals surface area contributed by atoms with E-state index in [1.807, 2.05) is 12.1 Å². The summed E-state index contributed by atoms with van der Waals surface area (Å²) in [6, 6.07) is 3.82. The first-order chi connectivity index (χ1) is 7.66. The SMILES string of the molecule is CN1CCN(c2cc(C(N)=S)ccn2)CC1. The Kier molecular flexibility index (Phi) is 3.36. The van der Waals surface area contributed by atoms with Crippen molar-refractivity contribution in [1.29, 1.82) is 0 Å². The van der Waals surface area contributed by atoms with Crippen molar-refractivity contribution in [1.82, 2.24) is 9.88 Å². The van der Waals surface area contributed by atoms with Gasteiger partial charge in [-0.2, -0.15) is 0 Å². The van der Waals surface area contributed by atoms with Crippen molar-refractivity contribution < 1.29 is 0 Å². The molecule has 1 aliphatic rings. The minimum absolute atomic E-state index is 0.428. The van der Waals surface area contributed by atoms with E-state index >= 15 is 0 Å². The predicted molar refractivity (Wildman–Crippen MR) is 69.8 cm³/mol. The van der Waals surface area contributed by atoms with Crippen molar-refractivity contribution in [2.75, 3.05) is 38.1 Å². The minimum atomic E-state index is 0.428. The van der Waals surface area contributed by atoms with Gasteiger partial charge in [0.15, 0.2) is 0 Å². The summed E-state index contributed by atoms with van der Waals surface area (Å²) in [6.45, 7) is 4.15. The summed E-state index contributed by atoms with van der Waals surface area (Å²) in [5.74, 6) is 0.971. The van der Waals surface area contributed by atoms with Gasteiger partial charge in [-0.3, -0.25) is 0 Å². The molecular weight excluding hydrogens is 220 g/mol. The van der Waals surface area contributed by atoms with Gasteiger partial charge in [0.05, 0.1) is 0 Å². The molecule has 86 valence electrons. The highest BCUT2D eigenvalue weighted by molar-refractivity contribution is 7.80. The summed E-state index contributed by atoms with van der Waals surface area (Å²) in [5, 5.41) is 0. The molecule has 4 nitrogen and oxygen atoms in total. The fraction of sp³-hybridized carbons (Fsp3) is 0.455. The van der Waals surface area contributed by atoms with Crippen LogP contribution in [0.2, 0.25) is 0 Å². The van der Waals surface area contributed by atoms with Gasteiger partial charge in [-0.25, -0.2) is 4.98 Å². The summed E-state index contributed by atoms with van der Waals surface area (Å²) in [7, 11) is 2.14. The lowest BCUT2D eigenvalue weighted by atomic mass is 10.2. The quantitative estimate of drug-likeness (QED) is 0.756. The molecule has 0 unspecified atom stereocenters. The standard InChI is InChI=1S/C11H16N4S/c1-14-4-6-15(7-5-14)10-8-9(11(12)16)2-3-13-10/h2-3,8H,4-7H2,1H3,(H2,12,16). The Morgan fingerprint density at radius 3 is 2.69 bits per heavy atom. The van der Waals surface area contributed by atoms with Gasteiger partial charge >= 0.3 is 0 Å². The summed E-state index contributed by atoms with van der Waals surface area (Å²) in [6.07, 6.45) is 1.77. The molecule has 1 aromatic rings. The number of anilines is 1. The highest BCUT2D eigenvalue weighted by Gasteiger charge is 2.15. The van der Waals surface area contributed by atoms with Crippen molar-refractivity contribution in [3.8, 4) is 0 Å². The molecule has 0 aliphatic carbocycles. The van der Waals surface area contributed by atoms with E-state index in [2.05, 4.69) is 21.8 Å². The average Bonchev–Trinajstić information content (AvgIpc) is 2.30. The van der Waals surface area contributed by atoms with E-state index in [1.54, 1.807) is 6.20 Å². The second-order valence-electron chi connectivity index (χ2n) is 4.06. The zero-order valence-corrected chi connectivity index (χ0v) is 10.2. The molecule has 1 aliphatic heterocycles. The van der Waals surface area contributed by atoms with Gasteiger partial charge in [0.2, 0.25) is 0 Å². The number of pyridine rings is 1. The van der Waals surface area contributed by atoms with Gasteiger partial charge in [0.1, 0.15) is 10.8 Å². The lowest BCUT2D eigenvalue weighted by molar-refractivity contribution is 0.312. The predicted octanol–water partition coefficient (Wildman–Crippen LogP) is 0.468. The highest BCUT2D eigenvalue weighted by Crippen LogP contribution is 2.14. The molecule has 0 saturated carbocycles. The molecule has 1 aromatic heterocycles. The minimum Gasteiger partial charge on any atom is -0.389 e. The maximum atomic E-state index is 5.61. The maximum Gasteiger partial charge on any atom is 0.129 e. The van der Waals surface area contributed by atoms with Crippen LogP contribution in [0.5, 0.6) is 0 Å². The Morgan fingerprint density at radius 2 is 2.06 bits per heavy atom. The van der Waals surface area contributed by atoms with Crippen molar-refractivity contribution >= 4 is 23.0 Å². The molecule has 2 rings (SSSR count). The molecule has 0 spiro atoms. The molecule has 0 atom stereocenters. The molecule has 0 radical (unpaired) electrons. The van der Waals surface area contributed by atoms with E-state index in [9.17, 15) is 0 Å². The second kappa shape index (κ2) is 4.76. The topological polar surface area (TPSA) is 45.4 Å². The molecule has 5 heteroatoms. The smallest absolute Gasteiger partial charge is 0.129 e.